The second-order valence-electron chi connectivity index (χ2n) is 3.66. The number of hydrogen-bond donors (Lipinski definition) is 1. The average Bonchev–Trinajstić information content (AvgIpc) is 2.33. The molecule has 17 heavy (non-hydrogen) atoms. The van der Waals surface area contributed by atoms with Gasteiger partial charge in [-0.05, 0) is 6.92 Å². The molecule has 0 bridgehead atoms. The first-order chi connectivity index (χ1) is 8.09. The molecular weight excluding hydrogens is 220 g/mol. The van der Waals surface area contributed by atoms with Gasteiger partial charge in [-0.15, -0.1) is 0 Å². The predicted octanol–water partition coefficient (Wildman–Crippen LogP) is 1.14. The smallest absolute Gasteiger partial charge is 0.351 e. The molecule has 0 aromatic heterocycles. The Balaban J connectivity index is 2.46. The fourth-order valence-corrected chi connectivity index (χ4v) is 1.50. The van der Waals surface area contributed by atoms with Gasteiger partial charge in [-0.1, -0.05) is 30.3 Å². The van der Waals surface area contributed by atoms with Crippen molar-refractivity contribution in [2.24, 2.45) is 15.9 Å². The molecular formula is C12H10N2O3. The summed E-state index contributed by atoms with van der Waals surface area (Å²) in [5.41, 5.74) is 0.468. The molecule has 2 rings (SSSR count). The third-order valence-electron chi connectivity index (χ3n) is 2.47. The van der Waals surface area contributed by atoms with E-state index < -0.39 is 17.8 Å². The maximum Gasteiger partial charge on any atom is 0.351 e. The lowest BCUT2D eigenvalue weighted by atomic mass is 10.0. The first-order valence-corrected chi connectivity index (χ1v) is 5.09. The first-order valence-electron chi connectivity index (χ1n) is 5.09. The second-order valence-corrected chi connectivity index (χ2v) is 3.66. The van der Waals surface area contributed by atoms with Gasteiger partial charge in [-0.2, -0.15) is 4.99 Å². The van der Waals surface area contributed by atoms with Crippen LogP contribution in [0.2, 0.25) is 0 Å². The molecule has 1 aliphatic rings. The Morgan fingerprint density at radius 3 is 2.47 bits per heavy atom. The summed E-state index contributed by atoms with van der Waals surface area (Å²) in [7, 11) is 0. The maximum atomic E-state index is 11.6. The van der Waals surface area contributed by atoms with E-state index in [-0.39, 0.29) is 11.5 Å². The molecule has 1 amide bonds. The molecule has 0 saturated carbocycles. The van der Waals surface area contributed by atoms with Gasteiger partial charge in [0.2, 0.25) is 0 Å². The van der Waals surface area contributed by atoms with E-state index in [2.05, 4.69) is 9.98 Å². The van der Waals surface area contributed by atoms with E-state index in [0.29, 0.717) is 5.56 Å². The highest BCUT2D eigenvalue weighted by atomic mass is 16.4. The highest BCUT2D eigenvalue weighted by Crippen LogP contribution is 2.13. The zero-order valence-corrected chi connectivity index (χ0v) is 9.12. The van der Waals surface area contributed by atoms with E-state index in [1.807, 2.05) is 6.07 Å². The summed E-state index contributed by atoms with van der Waals surface area (Å²) in [4.78, 5) is 30.2. The molecule has 0 saturated heterocycles. The van der Waals surface area contributed by atoms with Crippen LogP contribution in [-0.4, -0.2) is 28.5 Å². The third kappa shape index (κ3) is 2.13. The van der Waals surface area contributed by atoms with E-state index >= 15 is 0 Å². The van der Waals surface area contributed by atoms with Crippen molar-refractivity contribution in [2.45, 2.75) is 6.92 Å². The van der Waals surface area contributed by atoms with Gasteiger partial charge < -0.3 is 5.11 Å². The van der Waals surface area contributed by atoms with E-state index in [1.54, 1.807) is 24.3 Å². The summed E-state index contributed by atoms with van der Waals surface area (Å²) in [6.45, 7) is 1.49. The summed E-state index contributed by atoms with van der Waals surface area (Å²) in [5, 5.41) is 8.95. The van der Waals surface area contributed by atoms with Gasteiger partial charge >= 0.3 is 5.97 Å². The molecule has 1 atom stereocenters. The largest absolute Gasteiger partial charge is 0.477 e. The Morgan fingerprint density at radius 2 is 1.88 bits per heavy atom. The second kappa shape index (κ2) is 4.29. The van der Waals surface area contributed by atoms with Crippen molar-refractivity contribution in [1.82, 2.24) is 0 Å². The minimum atomic E-state index is -1.19. The molecule has 1 aliphatic heterocycles. The topological polar surface area (TPSA) is 79.1 Å². The lowest BCUT2D eigenvalue weighted by Crippen LogP contribution is -2.32. The summed E-state index contributed by atoms with van der Waals surface area (Å²) in [6, 6.07) is 8.82. The van der Waals surface area contributed by atoms with Crippen molar-refractivity contribution in [3.05, 3.63) is 35.9 Å². The van der Waals surface area contributed by atoms with Gasteiger partial charge in [-0.3, -0.25) is 4.79 Å². The van der Waals surface area contributed by atoms with E-state index in [4.69, 9.17) is 5.11 Å². The van der Waals surface area contributed by atoms with Crippen molar-refractivity contribution in [3.63, 3.8) is 0 Å². The van der Waals surface area contributed by atoms with E-state index in [9.17, 15) is 9.59 Å². The van der Waals surface area contributed by atoms with Crippen molar-refractivity contribution in [1.29, 1.82) is 0 Å². The van der Waals surface area contributed by atoms with Crippen molar-refractivity contribution in [3.8, 4) is 0 Å². The number of carboxylic acids is 1. The number of amidine groups is 1. The lowest BCUT2D eigenvalue weighted by molar-refractivity contribution is -0.130. The average molecular weight is 230 g/mol. The van der Waals surface area contributed by atoms with Crippen LogP contribution >= 0.6 is 0 Å². The van der Waals surface area contributed by atoms with Crippen LogP contribution in [0.1, 0.15) is 12.5 Å². The fourth-order valence-electron chi connectivity index (χ4n) is 1.50. The Kier molecular flexibility index (Phi) is 2.82. The summed E-state index contributed by atoms with van der Waals surface area (Å²) >= 11 is 0. The lowest BCUT2D eigenvalue weighted by Gasteiger charge is -2.14. The minimum Gasteiger partial charge on any atom is -0.477 e. The molecule has 5 heteroatoms. The number of carbonyl (C=O) groups excluding carboxylic acids is 1. The molecule has 1 heterocycles. The van der Waals surface area contributed by atoms with Crippen LogP contribution in [-0.2, 0) is 9.59 Å². The van der Waals surface area contributed by atoms with Crippen molar-refractivity contribution >= 4 is 23.4 Å². The Labute approximate surface area is 97.5 Å². The molecule has 0 spiro atoms. The van der Waals surface area contributed by atoms with Crippen LogP contribution in [0.15, 0.2) is 40.3 Å². The van der Waals surface area contributed by atoms with Crippen LogP contribution in [0.25, 0.3) is 0 Å². The number of carboxylic acid groups (broad SMARTS) is 1. The number of nitrogens with zero attached hydrogens (tertiary/aromatic N) is 2. The Bertz CT molecular complexity index is 532. The summed E-state index contributed by atoms with van der Waals surface area (Å²) in [5.74, 6) is -2.29. The predicted molar refractivity (Wildman–Crippen MR) is 62.2 cm³/mol. The number of aliphatic carboxylic acids is 1. The molecule has 0 fully saturated rings. The van der Waals surface area contributed by atoms with E-state index in [1.165, 1.54) is 6.92 Å². The van der Waals surface area contributed by atoms with Crippen molar-refractivity contribution in [2.75, 3.05) is 0 Å². The number of hydrogen-bond acceptors (Lipinski definition) is 3. The van der Waals surface area contributed by atoms with Crippen LogP contribution in [0.4, 0.5) is 0 Å². The van der Waals surface area contributed by atoms with Gasteiger partial charge in [0.05, 0.1) is 5.92 Å². The molecule has 1 N–H and O–H groups in total. The molecule has 0 unspecified atom stereocenters. The van der Waals surface area contributed by atoms with Crippen LogP contribution in [0.3, 0.4) is 0 Å². The number of aliphatic imine (C=N–C) groups is 2. The molecule has 0 radical (unpaired) electrons. The first kappa shape index (κ1) is 11.2. The zero-order valence-electron chi connectivity index (χ0n) is 9.12. The van der Waals surface area contributed by atoms with Gasteiger partial charge in [0.15, 0.2) is 5.84 Å². The third-order valence-corrected chi connectivity index (χ3v) is 2.47. The van der Waals surface area contributed by atoms with Crippen molar-refractivity contribution < 1.29 is 14.7 Å². The molecule has 1 aromatic carbocycles. The molecule has 0 aliphatic carbocycles. The maximum absolute atomic E-state index is 11.6. The van der Waals surface area contributed by atoms with Gasteiger partial charge in [0.1, 0.15) is 5.71 Å². The number of amides is 1. The minimum absolute atomic E-state index is 0.158. The zero-order chi connectivity index (χ0) is 12.4. The normalized spacial score (nSPS) is 19.6. The SMILES string of the molecule is C[C@@H]1C(=O)N=C(c2ccccc2)N=C1C(=O)O. The van der Waals surface area contributed by atoms with Crippen LogP contribution in [0.5, 0.6) is 0 Å². The number of rotatable bonds is 2. The molecule has 86 valence electrons. The van der Waals surface area contributed by atoms with Crippen LogP contribution < -0.4 is 0 Å². The monoisotopic (exact) mass is 230 g/mol. The van der Waals surface area contributed by atoms with Gasteiger partial charge in [0.25, 0.3) is 5.91 Å². The Morgan fingerprint density at radius 1 is 1.24 bits per heavy atom. The Hall–Kier alpha value is -2.30. The number of carbonyl (C=O) groups is 2. The highest BCUT2D eigenvalue weighted by molar-refractivity contribution is 6.44. The quantitative estimate of drug-likeness (QED) is 0.827. The standard InChI is InChI=1S/C12H10N2O3/c1-7-9(12(16)17)13-10(14-11(7)15)8-5-3-2-4-6-8/h2-7H,1H3,(H,16,17)/t7-/m0/s1. The van der Waals surface area contributed by atoms with Crippen LogP contribution in [0, 0.1) is 5.92 Å². The van der Waals surface area contributed by atoms with E-state index in [0.717, 1.165) is 0 Å². The molecule has 1 aromatic rings. The molecule has 5 nitrogen and oxygen atoms in total. The highest BCUT2D eigenvalue weighted by Gasteiger charge is 2.29. The fraction of sp³-hybridized carbons (Fsp3) is 0.167. The number of benzene rings is 1. The summed E-state index contributed by atoms with van der Waals surface area (Å²) in [6.07, 6.45) is 0. The van der Waals surface area contributed by atoms with Gasteiger partial charge in [0, 0.05) is 5.56 Å². The van der Waals surface area contributed by atoms with Gasteiger partial charge in [-0.25, -0.2) is 9.79 Å². The summed E-state index contributed by atoms with van der Waals surface area (Å²) < 4.78 is 0.